The predicted molar refractivity (Wildman–Crippen MR) is 124 cm³/mol. The molecule has 0 aromatic rings. The summed E-state index contributed by atoms with van der Waals surface area (Å²) in [5.74, 6) is 2.30. The smallest absolute Gasteiger partial charge is 0.162 e. The summed E-state index contributed by atoms with van der Waals surface area (Å²) in [5.41, 5.74) is 0. The molecule has 15 unspecified atom stereocenters. The molecule has 188 valence electrons. The maximum Gasteiger partial charge on any atom is 0.162 e. The van der Waals surface area contributed by atoms with Crippen molar-refractivity contribution in [3.8, 4) is 0 Å². The minimum absolute atomic E-state index is 0.0119. The fourth-order valence-corrected chi connectivity index (χ4v) is 5.74. The lowest BCUT2D eigenvalue weighted by Gasteiger charge is -2.50. The first-order valence-corrected chi connectivity index (χ1v) is 12.8. The van der Waals surface area contributed by atoms with Gasteiger partial charge < -0.3 is 28.4 Å². The van der Waals surface area contributed by atoms with Crippen LogP contribution < -0.4 is 0 Å². The van der Waals surface area contributed by atoms with E-state index in [4.69, 9.17) is 28.4 Å². The van der Waals surface area contributed by atoms with Crippen LogP contribution in [0.5, 0.6) is 0 Å². The first kappa shape index (κ1) is 26.4. The standard InChI is InChI=1S/C26H48O6/c1-12-13(2)19(8)29-25(15(12)4)32-23-14(3)16(5)26(30-21(23)10)31-22-17(6)20(9)28-24(27-11)18(22)7/h12-26H,1-11H3. The molecule has 3 aliphatic rings. The van der Waals surface area contributed by atoms with Gasteiger partial charge in [0.1, 0.15) is 0 Å². The lowest BCUT2D eigenvalue weighted by Crippen LogP contribution is -2.57. The lowest BCUT2D eigenvalue weighted by atomic mass is 9.79. The van der Waals surface area contributed by atoms with E-state index in [1.807, 2.05) is 0 Å². The van der Waals surface area contributed by atoms with Crippen molar-refractivity contribution in [1.82, 2.24) is 0 Å². The van der Waals surface area contributed by atoms with Crippen LogP contribution >= 0.6 is 0 Å². The molecule has 0 radical (unpaired) electrons. The van der Waals surface area contributed by atoms with Gasteiger partial charge in [0.25, 0.3) is 0 Å². The van der Waals surface area contributed by atoms with E-state index in [0.717, 1.165) is 0 Å². The third-order valence-electron chi connectivity index (χ3n) is 9.14. The number of hydrogen-bond donors (Lipinski definition) is 0. The number of methoxy groups -OCH3 is 1. The van der Waals surface area contributed by atoms with Crippen LogP contribution in [0.1, 0.15) is 69.2 Å². The molecule has 0 spiro atoms. The van der Waals surface area contributed by atoms with Gasteiger partial charge in [-0.05, 0) is 38.5 Å². The Labute approximate surface area is 196 Å². The second kappa shape index (κ2) is 10.6. The van der Waals surface area contributed by atoms with Crippen LogP contribution in [-0.4, -0.2) is 56.5 Å². The van der Waals surface area contributed by atoms with Gasteiger partial charge in [-0.2, -0.15) is 0 Å². The van der Waals surface area contributed by atoms with Crippen molar-refractivity contribution in [3.63, 3.8) is 0 Å². The topological polar surface area (TPSA) is 55.4 Å². The number of hydrogen-bond acceptors (Lipinski definition) is 6. The lowest BCUT2D eigenvalue weighted by molar-refractivity contribution is -0.342. The molecule has 0 bridgehead atoms. The maximum atomic E-state index is 6.65. The molecule has 3 rings (SSSR count). The Hall–Kier alpha value is -0.240. The zero-order valence-corrected chi connectivity index (χ0v) is 22.1. The quantitative estimate of drug-likeness (QED) is 0.574. The Morgan fingerprint density at radius 2 is 0.875 bits per heavy atom. The summed E-state index contributed by atoms with van der Waals surface area (Å²) < 4.78 is 37.6. The van der Waals surface area contributed by atoms with E-state index < -0.39 is 0 Å². The third-order valence-corrected chi connectivity index (χ3v) is 9.14. The van der Waals surface area contributed by atoms with E-state index in [0.29, 0.717) is 17.8 Å². The molecule has 32 heavy (non-hydrogen) atoms. The first-order chi connectivity index (χ1) is 15.0. The Morgan fingerprint density at radius 3 is 1.47 bits per heavy atom. The molecule has 3 aliphatic heterocycles. The van der Waals surface area contributed by atoms with Gasteiger partial charge in [-0.25, -0.2) is 0 Å². The van der Waals surface area contributed by atoms with Crippen molar-refractivity contribution in [2.45, 2.75) is 119 Å². The van der Waals surface area contributed by atoms with E-state index >= 15 is 0 Å². The molecule has 6 heteroatoms. The highest BCUT2D eigenvalue weighted by molar-refractivity contribution is 4.90. The molecular weight excluding hydrogens is 408 g/mol. The molecule has 0 aromatic heterocycles. The van der Waals surface area contributed by atoms with Gasteiger partial charge in [0.15, 0.2) is 18.9 Å². The summed E-state index contributed by atoms with van der Waals surface area (Å²) in [5, 5.41) is 0. The first-order valence-electron chi connectivity index (χ1n) is 12.8. The normalized spacial score (nSPS) is 55.0. The zero-order chi connectivity index (χ0) is 23.9. The van der Waals surface area contributed by atoms with Crippen molar-refractivity contribution in [1.29, 1.82) is 0 Å². The minimum atomic E-state index is -0.278. The average molecular weight is 457 g/mol. The Kier molecular flexibility index (Phi) is 8.71. The van der Waals surface area contributed by atoms with Gasteiger partial charge >= 0.3 is 0 Å². The van der Waals surface area contributed by atoms with Gasteiger partial charge in [-0.15, -0.1) is 0 Å². The molecule has 6 nitrogen and oxygen atoms in total. The SMILES string of the molecule is COC1OC(C)C(C)C(OC2OC(C)C(OC3OC(C)C(C)C(C)C3C)C(C)C2C)C1C. The molecule has 3 heterocycles. The minimum Gasteiger partial charge on any atom is -0.355 e. The van der Waals surface area contributed by atoms with Gasteiger partial charge in [-0.3, -0.25) is 0 Å². The maximum absolute atomic E-state index is 6.65. The zero-order valence-electron chi connectivity index (χ0n) is 22.1. The van der Waals surface area contributed by atoms with E-state index in [2.05, 4.69) is 69.2 Å². The van der Waals surface area contributed by atoms with Crippen molar-refractivity contribution < 1.29 is 28.4 Å². The van der Waals surface area contributed by atoms with Crippen LogP contribution in [0.25, 0.3) is 0 Å². The highest BCUT2D eigenvalue weighted by Gasteiger charge is 2.48. The van der Waals surface area contributed by atoms with Crippen LogP contribution in [0, 0.1) is 41.4 Å². The molecule has 3 saturated heterocycles. The summed E-state index contributed by atoms with van der Waals surface area (Å²) in [6.45, 7) is 22.0. The Morgan fingerprint density at radius 1 is 0.406 bits per heavy atom. The molecule has 0 N–H and O–H groups in total. The molecule has 0 aromatic carbocycles. The van der Waals surface area contributed by atoms with Crippen LogP contribution in [0.2, 0.25) is 0 Å². The number of rotatable bonds is 5. The summed E-state index contributed by atoms with van der Waals surface area (Å²) in [6, 6.07) is 0. The molecule has 0 amide bonds. The molecule has 0 saturated carbocycles. The summed E-state index contributed by atoms with van der Waals surface area (Å²) >= 11 is 0. The van der Waals surface area contributed by atoms with E-state index in [1.54, 1.807) is 7.11 Å². The average Bonchev–Trinajstić information content (AvgIpc) is 2.76. The highest BCUT2D eigenvalue weighted by atomic mass is 16.7. The van der Waals surface area contributed by atoms with E-state index in [-0.39, 0.29) is 73.1 Å². The molecule has 3 fully saturated rings. The molecular formula is C26H48O6. The Balaban J connectivity index is 1.67. The summed E-state index contributed by atoms with van der Waals surface area (Å²) in [7, 11) is 1.70. The van der Waals surface area contributed by atoms with Gasteiger partial charge in [0, 0.05) is 30.8 Å². The van der Waals surface area contributed by atoms with Crippen LogP contribution in [0.3, 0.4) is 0 Å². The van der Waals surface area contributed by atoms with Gasteiger partial charge in [0.05, 0.1) is 30.5 Å². The van der Waals surface area contributed by atoms with Crippen molar-refractivity contribution in [2.75, 3.05) is 7.11 Å². The predicted octanol–water partition coefficient (Wildman–Crippen LogP) is 5.09. The van der Waals surface area contributed by atoms with Crippen LogP contribution in [-0.2, 0) is 28.4 Å². The fourth-order valence-electron chi connectivity index (χ4n) is 5.74. The second-order valence-corrected chi connectivity index (χ2v) is 11.1. The largest absolute Gasteiger partial charge is 0.355 e. The van der Waals surface area contributed by atoms with Crippen molar-refractivity contribution in [2.24, 2.45) is 41.4 Å². The third kappa shape index (κ3) is 5.06. The molecule has 0 aliphatic carbocycles. The highest BCUT2D eigenvalue weighted by Crippen LogP contribution is 2.41. The monoisotopic (exact) mass is 456 g/mol. The van der Waals surface area contributed by atoms with Gasteiger partial charge in [-0.1, -0.05) is 48.5 Å². The summed E-state index contributed by atoms with van der Waals surface area (Å²) in [6.07, 6.45) is -0.554. The summed E-state index contributed by atoms with van der Waals surface area (Å²) in [4.78, 5) is 0. The van der Waals surface area contributed by atoms with Crippen molar-refractivity contribution >= 4 is 0 Å². The fraction of sp³-hybridized carbons (Fsp3) is 1.00. The second-order valence-electron chi connectivity index (χ2n) is 11.1. The van der Waals surface area contributed by atoms with Crippen molar-refractivity contribution in [3.05, 3.63) is 0 Å². The van der Waals surface area contributed by atoms with Gasteiger partial charge in [0.2, 0.25) is 0 Å². The number of ether oxygens (including phenoxy) is 6. The van der Waals surface area contributed by atoms with Crippen LogP contribution in [0.15, 0.2) is 0 Å². The van der Waals surface area contributed by atoms with E-state index in [1.165, 1.54) is 0 Å². The molecule has 15 atom stereocenters. The Bertz CT molecular complexity index is 601. The van der Waals surface area contributed by atoms with Crippen LogP contribution in [0.4, 0.5) is 0 Å². The van der Waals surface area contributed by atoms with E-state index in [9.17, 15) is 0 Å².